The van der Waals surface area contributed by atoms with Crippen molar-refractivity contribution in [3.63, 3.8) is 0 Å². The summed E-state index contributed by atoms with van der Waals surface area (Å²) >= 11 is 3.45. The lowest BCUT2D eigenvalue weighted by molar-refractivity contribution is -0.132. The molecule has 0 atom stereocenters. The standard InChI is InChI=1S/C23H27BrN2O4/c1-17-9-10-18(16-21(17)29-2)23(28)26-13-11-25(12-14-26)22(27)8-5-15-30-20-7-4-3-6-19(20)24/h3-4,6-7,9-10,16H,5,8,11-15H2,1-2H3. The Hall–Kier alpha value is -2.54. The highest BCUT2D eigenvalue weighted by atomic mass is 79.9. The number of hydrogen-bond donors (Lipinski definition) is 0. The second-order valence-corrected chi connectivity index (χ2v) is 8.09. The first kappa shape index (κ1) is 22.2. The van der Waals surface area contributed by atoms with Crippen molar-refractivity contribution in [1.29, 1.82) is 0 Å². The van der Waals surface area contributed by atoms with Gasteiger partial charge in [0.15, 0.2) is 0 Å². The maximum absolute atomic E-state index is 12.8. The number of nitrogens with zero attached hydrogens (tertiary/aromatic N) is 2. The lowest BCUT2D eigenvalue weighted by Crippen LogP contribution is -2.50. The fourth-order valence-corrected chi connectivity index (χ4v) is 3.82. The number of carbonyl (C=O) groups is 2. The Morgan fingerprint density at radius 1 is 1.00 bits per heavy atom. The van der Waals surface area contributed by atoms with Crippen LogP contribution in [0.25, 0.3) is 0 Å². The Balaban J connectivity index is 1.43. The molecule has 0 saturated carbocycles. The van der Waals surface area contributed by atoms with E-state index in [9.17, 15) is 9.59 Å². The molecule has 0 N–H and O–H groups in total. The van der Waals surface area contributed by atoms with Crippen LogP contribution in [0.2, 0.25) is 0 Å². The number of carbonyl (C=O) groups excluding carboxylic acids is 2. The van der Waals surface area contributed by atoms with Crippen LogP contribution >= 0.6 is 15.9 Å². The summed E-state index contributed by atoms with van der Waals surface area (Å²) in [5.41, 5.74) is 1.61. The quantitative estimate of drug-likeness (QED) is 0.570. The Morgan fingerprint density at radius 3 is 2.40 bits per heavy atom. The van der Waals surface area contributed by atoms with Crippen LogP contribution in [0.3, 0.4) is 0 Å². The molecule has 1 saturated heterocycles. The Bertz CT molecular complexity index is 895. The average Bonchev–Trinajstić information content (AvgIpc) is 2.77. The summed E-state index contributed by atoms with van der Waals surface area (Å²) in [6.07, 6.45) is 1.09. The number of amides is 2. The molecule has 2 aromatic rings. The molecule has 1 heterocycles. The van der Waals surface area contributed by atoms with Crippen molar-refractivity contribution < 1.29 is 19.1 Å². The summed E-state index contributed by atoms with van der Waals surface area (Å²) < 4.78 is 11.9. The third-order valence-corrected chi connectivity index (χ3v) is 5.86. The minimum Gasteiger partial charge on any atom is -0.496 e. The van der Waals surface area contributed by atoms with E-state index in [1.807, 2.05) is 48.2 Å². The molecule has 2 aromatic carbocycles. The zero-order chi connectivity index (χ0) is 21.5. The molecule has 3 rings (SSSR count). The minimum absolute atomic E-state index is 0.0257. The van der Waals surface area contributed by atoms with E-state index in [0.717, 1.165) is 15.8 Å². The molecular formula is C23H27BrN2O4. The van der Waals surface area contributed by atoms with E-state index in [0.29, 0.717) is 56.9 Å². The summed E-state index contributed by atoms with van der Waals surface area (Å²) in [6, 6.07) is 13.2. The molecule has 0 bridgehead atoms. The molecule has 1 fully saturated rings. The van der Waals surface area contributed by atoms with Gasteiger partial charge in [0.25, 0.3) is 5.91 Å². The van der Waals surface area contributed by atoms with E-state index in [4.69, 9.17) is 9.47 Å². The van der Waals surface area contributed by atoms with Gasteiger partial charge in [-0.3, -0.25) is 9.59 Å². The van der Waals surface area contributed by atoms with Crippen LogP contribution in [-0.2, 0) is 4.79 Å². The lowest BCUT2D eigenvalue weighted by Gasteiger charge is -2.35. The third-order valence-electron chi connectivity index (χ3n) is 5.20. The fourth-order valence-electron chi connectivity index (χ4n) is 3.42. The van der Waals surface area contributed by atoms with E-state index in [1.165, 1.54) is 0 Å². The van der Waals surface area contributed by atoms with Crippen molar-refractivity contribution in [3.05, 3.63) is 58.1 Å². The molecule has 1 aliphatic heterocycles. The van der Waals surface area contributed by atoms with Gasteiger partial charge in [0.05, 0.1) is 18.2 Å². The first-order valence-corrected chi connectivity index (χ1v) is 10.9. The molecule has 0 unspecified atom stereocenters. The van der Waals surface area contributed by atoms with Crippen molar-refractivity contribution in [2.75, 3.05) is 39.9 Å². The van der Waals surface area contributed by atoms with Gasteiger partial charge in [0.2, 0.25) is 5.91 Å². The Morgan fingerprint density at radius 2 is 1.70 bits per heavy atom. The van der Waals surface area contributed by atoms with Gasteiger partial charge >= 0.3 is 0 Å². The molecule has 7 heteroatoms. The topological polar surface area (TPSA) is 59.1 Å². The van der Waals surface area contributed by atoms with E-state index in [-0.39, 0.29) is 11.8 Å². The Kier molecular flexibility index (Phi) is 7.74. The number of benzene rings is 2. The van der Waals surface area contributed by atoms with Crippen LogP contribution in [0, 0.1) is 6.92 Å². The Labute approximate surface area is 185 Å². The maximum atomic E-state index is 12.8. The number of hydrogen-bond acceptors (Lipinski definition) is 4. The maximum Gasteiger partial charge on any atom is 0.254 e. The van der Waals surface area contributed by atoms with Gasteiger partial charge in [-0.25, -0.2) is 0 Å². The molecular weight excluding hydrogens is 448 g/mol. The summed E-state index contributed by atoms with van der Waals surface area (Å²) in [7, 11) is 1.60. The van der Waals surface area contributed by atoms with Gasteiger partial charge in [0.1, 0.15) is 11.5 Å². The highest BCUT2D eigenvalue weighted by Gasteiger charge is 2.25. The van der Waals surface area contributed by atoms with E-state index in [1.54, 1.807) is 18.1 Å². The molecule has 30 heavy (non-hydrogen) atoms. The second kappa shape index (κ2) is 10.5. The van der Waals surface area contributed by atoms with Crippen molar-refractivity contribution >= 4 is 27.7 Å². The largest absolute Gasteiger partial charge is 0.496 e. The van der Waals surface area contributed by atoms with E-state index >= 15 is 0 Å². The highest BCUT2D eigenvalue weighted by Crippen LogP contribution is 2.24. The van der Waals surface area contributed by atoms with Crippen LogP contribution in [0.1, 0.15) is 28.8 Å². The van der Waals surface area contributed by atoms with Crippen LogP contribution in [-0.4, -0.2) is 61.5 Å². The van der Waals surface area contributed by atoms with Crippen molar-refractivity contribution in [1.82, 2.24) is 9.80 Å². The zero-order valence-corrected chi connectivity index (χ0v) is 19.0. The average molecular weight is 475 g/mol. The monoisotopic (exact) mass is 474 g/mol. The van der Waals surface area contributed by atoms with Gasteiger partial charge in [-0.2, -0.15) is 0 Å². The predicted molar refractivity (Wildman–Crippen MR) is 119 cm³/mol. The van der Waals surface area contributed by atoms with E-state index < -0.39 is 0 Å². The number of methoxy groups -OCH3 is 1. The molecule has 0 radical (unpaired) electrons. The van der Waals surface area contributed by atoms with Crippen LogP contribution < -0.4 is 9.47 Å². The number of ether oxygens (including phenoxy) is 2. The van der Waals surface area contributed by atoms with Crippen molar-refractivity contribution in [2.45, 2.75) is 19.8 Å². The molecule has 2 amide bonds. The molecule has 6 nitrogen and oxygen atoms in total. The SMILES string of the molecule is COc1cc(C(=O)N2CCN(C(=O)CCCOc3ccccc3Br)CC2)ccc1C. The van der Waals surface area contributed by atoms with Gasteiger partial charge in [-0.15, -0.1) is 0 Å². The van der Waals surface area contributed by atoms with Gasteiger partial charge < -0.3 is 19.3 Å². The summed E-state index contributed by atoms with van der Waals surface area (Å²) in [5, 5.41) is 0. The van der Waals surface area contributed by atoms with Gasteiger partial charge in [-0.1, -0.05) is 18.2 Å². The predicted octanol–water partition coefficient (Wildman–Crippen LogP) is 3.91. The number of aryl methyl sites for hydroxylation is 1. The van der Waals surface area contributed by atoms with Gasteiger partial charge in [-0.05, 0) is 59.1 Å². The number of halogens is 1. The van der Waals surface area contributed by atoms with Crippen LogP contribution in [0.5, 0.6) is 11.5 Å². The smallest absolute Gasteiger partial charge is 0.254 e. The summed E-state index contributed by atoms with van der Waals surface area (Å²) in [5.74, 6) is 1.57. The first-order valence-electron chi connectivity index (χ1n) is 10.1. The van der Waals surface area contributed by atoms with Crippen LogP contribution in [0.4, 0.5) is 0 Å². The zero-order valence-electron chi connectivity index (χ0n) is 17.4. The number of para-hydroxylation sites is 1. The first-order chi connectivity index (χ1) is 14.5. The molecule has 0 spiro atoms. The van der Waals surface area contributed by atoms with E-state index in [2.05, 4.69) is 15.9 Å². The number of piperazine rings is 1. The second-order valence-electron chi connectivity index (χ2n) is 7.24. The van der Waals surface area contributed by atoms with Crippen molar-refractivity contribution in [3.8, 4) is 11.5 Å². The highest BCUT2D eigenvalue weighted by molar-refractivity contribution is 9.10. The molecule has 0 aromatic heterocycles. The summed E-state index contributed by atoms with van der Waals surface area (Å²) in [6.45, 7) is 4.61. The molecule has 160 valence electrons. The fraction of sp³-hybridized carbons (Fsp3) is 0.391. The number of rotatable bonds is 7. The molecule has 0 aliphatic carbocycles. The third kappa shape index (κ3) is 5.53. The summed E-state index contributed by atoms with van der Waals surface area (Å²) in [4.78, 5) is 28.9. The minimum atomic E-state index is -0.0257. The lowest BCUT2D eigenvalue weighted by atomic mass is 10.1. The van der Waals surface area contributed by atoms with Gasteiger partial charge in [0, 0.05) is 38.2 Å². The molecule has 1 aliphatic rings. The normalized spacial score (nSPS) is 13.8. The van der Waals surface area contributed by atoms with Crippen LogP contribution in [0.15, 0.2) is 46.9 Å². The van der Waals surface area contributed by atoms with Crippen molar-refractivity contribution in [2.24, 2.45) is 0 Å².